The van der Waals surface area contributed by atoms with Gasteiger partial charge in [0.15, 0.2) is 0 Å². The molecule has 120 valence electrons. The second-order valence-electron chi connectivity index (χ2n) is 5.44. The van der Waals surface area contributed by atoms with Crippen LogP contribution in [0.5, 0.6) is 0 Å². The molecule has 5 nitrogen and oxygen atoms in total. The number of nitrogens with zero attached hydrogens (tertiary/aromatic N) is 2. The maximum absolute atomic E-state index is 14.5. The van der Waals surface area contributed by atoms with Crippen molar-refractivity contribution in [2.24, 2.45) is 0 Å². The second-order valence-corrected chi connectivity index (χ2v) is 7.59. The normalized spacial score (nSPS) is 17.0. The van der Waals surface area contributed by atoms with Gasteiger partial charge in [0, 0.05) is 30.0 Å². The molecule has 4 rings (SSSR count). The molecule has 1 saturated heterocycles. The highest BCUT2D eigenvalue weighted by Gasteiger charge is 2.29. The zero-order valence-electron chi connectivity index (χ0n) is 12.0. The number of pyridine rings is 1. The van der Waals surface area contributed by atoms with Gasteiger partial charge in [-0.2, -0.15) is 11.8 Å². The van der Waals surface area contributed by atoms with Gasteiger partial charge in [-0.3, -0.25) is 4.79 Å². The highest BCUT2D eigenvalue weighted by atomic mass is 32.2. The number of hydrogen-bond donors (Lipinski definition) is 1. The Hall–Kier alpha value is -1.67. The lowest BCUT2D eigenvalue weighted by atomic mass is 10.1. The Morgan fingerprint density at radius 1 is 1.26 bits per heavy atom. The summed E-state index contributed by atoms with van der Waals surface area (Å²) in [4.78, 5) is 25.8. The molecular formula is C15H13FN2O3S2. The predicted molar refractivity (Wildman–Crippen MR) is 90.5 cm³/mol. The first-order valence-electron chi connectivity index (χ1n) is 7.17. The van der Waals surface area contributed by atoms with Crippen LogP contribution < -0.4 is 10.3 Å². The molecule has 0 spiro atoms. The number of carbonyl (C=O) groups is 1. The molecule has 0 bridgehead atoms. The lowest BCUT2D eigenvalue weighted by molar-refractivity contribution is 0.0689. The lowest BCUT2D eigenvalue weighted by Gasteiger charge is -2.30. The Labute approximate surface area is 139 Å². The van der Waals surface area contributed by atoms with Crippen molar-refractivity contribution in [3.05, 3.63) is 33.7 Å². The number of anilines is 1. The molecule has 0 saturated carbocycles. The summed E-state index contributed by atoms with van der Waals surface area (Å²) in [6.45, 7) is 1.54. The van der Waals surface area contributed by atoms with Crippen LogP contribution in [0.25, 0.3) is 10.9 Å². The number of aromatic nitrogens is 1. The minimum Gasteiger partial charge on any atom is -0.477 e. The van der Waals surface area contributed by atoms with Crippen LogP contribution in [0.1, 0.15) is 10.4 Å². The number of thioether (sulfide) groups is 2. The molecule has 8 heteroatoms. The summed E-state index contributed by atoms with van der Waals surface area (Å²) in [7, 11) is 0. The van der Waals surface area contributed by atoms with E-state index in [1.54, 1.807) is 10.6 Å². The van der Waals surface area contributed by atoms with E-state index in [0.717, 1.165) is 24.6 Å². The zero-order valence-corrected chi connectivity index (χ0v) is 13.7. The summed E-state index contributed by atoms with van der Waals surface area (Å²) in [6.07, 6.45) is 0. The maximum Gasteiger partial charge on any atom is 0.342 e. The number of rotatable bonds is 2. The van der Waals surface area contributed by atoms with Crippen molar-refractivity contribution in [1.82, 2.24) is 4.57 Å². The van der Waals surface area contributed by atoms with E-state index < -0.39 is 17.2 Å². The van der Waals surface area contributed by atoms with Gasteiger partial charge in [0.1, 0.15) is 11.4 Å². The fraction of sp³-hybridized carbons (Fsp3) is 0.333. The predicted octanol–water partition coefficient (Wildman–Crippen LogP) is 2.46. The Morgan fingerprint density at radius 2 is 2.00 bits per heavy atom. The van der Waals surface area contributed by atoms with E-state index in [-0.39, 0.29) is 10.9 Å². The third kappa shape index (κ3) is 2.23. The number of halogens is 1. The SMILES string of the molecule is O=C(O)c1c2n(c3cc(N4CCSCC4)c(F)cc3c1=O)CS2. The van der Waals surface area contributed by atoms with E-state index in [2.05, 4.69) is 0 Å². The van der Waals surface area contributed by atoms with E-state index in [1.807, 2.05) is 16.7 Å². The van der Waals surface area contributed by atoms with E-state index in [4.69, 9.17) is 0 Å². The average molecular weight is 352 g/mol. The van der Waals surface area contributed by atoms with Crippen molar-refractivity contribution in [2.45, 2.75) is 10.9 Å². The molecule has 0 unspecified atom stereocenters. The summed E-state index contributed by atoms with van der Waals surface area (Å²) < 4.78 is 16.3. The molecule has 0 amide bonds. The van der Waals surface area contributed by atoms with Crippen LogP contribution >= 0.6 is 23.5 Å². The van der Waals surface area contributed by atoms with Crippen LogP contribution in [-0.2, 0) is 5.88 Å². The quantitative estimate of drug-likeness (QED) is 0.896. The van der Waals surface area contributed by atoms with E-state index in [9.17, 15) is 19.1 Å². The number of aromatic carboxylic acids is 1. The van der Waals surface area contributed by atoms with Crippen LogP contribution in [-0.4, -0.2) is 40.2 Å². The van der Waals surface area contributed by atoms with Gasteiger partial charge >= 0.3 is 5.97 Å². The van der Waals surface area contributed by atoms with Crippen molar-refractivity contribution in [2.75, 3.05) is 29.5 Å². The molecule has 0 radical (unpaired) electrons. The second kappa shape index (κ2) is 5.45. The molecule has 2 aliphatic rings. The van der Waals surface area contributed by atoms with E-state index >= 15 is 0 Å². The van der Waals surface area contributed by atoms with Crippen LogP contribution in [0.2, 0.25) is 0 Å². The summed E-state index contributed by atoms with van der Waals surface area (Å²) in [5.41, 5.74) is 0.246. The lowest BCUT2D eigenvalue weighted by Crippen LogP contribution is -2.33. The minimum absolute atomic E-state index is 0.138. The number of carboxylic acid groups (broad SMARTS) is 1. The summed E-state index contributed by atoms with van der Waals surface area (Å²) in [5, 5.41) is 9.86. The molecule has 3 heterocycles. The zero-order chi connectivity index (χ0) is 16.1. The van der Waals surface area contributed by atoms with Crippen molar-refractivity contribution < 1.29 is 14.3 Å². The Balaban J connectivity index is 1.96. The van der Waals surface area contributed by atoms with Gasteiger partial charge in [-0.1, -0.05) is 11.8 Å². The summed E-state index contributed by atoms with van der Waals surface area (Å²) >= 11 is 3.17. The standard InChI is InChI=1S/C15H13FN2O3S2/c16-9-5-8-10(6-11(9)17-1-3-22-4-2-17)18-7-23-14(18)12(13(8)19)15(20)21/h5-6H,1-4,7H2,(H,20,21). The topological polar surface area (TPSA) is 62.5 Å². The van der Waals surface area contributed by atoms with Gasteiger partial charge in [0.05, 0.1) is 22.1 Å². The third-order valence-electron chi connectivity index (χ3n) is 4.18. The van der Waals surface area contributed by atoms with Crippen LogP contribution in [0, 0.1) is 5.82 Å². The molecule has 0 aliphatic carbocycles. The molecule has 1 aromatic heterocycles. The van der Waals surface area contributed by atoms with Gasteiger partial charge < -0.3 is 14.6 Å². The van der Waals surface area contributed by atoms with E-state index in [1.165, 1.54) is 17.8 Å². The van der Waals surface area contributed by atoms with Gasteiger partial charge in [-0.05, 0) is 12.1 Å². The fourth-order valence-electron chi connectivity index (χ4n) is 3.00. The first kappa shape index (κ1) is 14.9. The summed E-state index contributed by atoms with van der Waals surface area (Å²) in [5.74, 6) is 0.746. The highest BCUT2D eigenvalue weighted by Crippen LogP contribution is 2.38. The first-order valence-corrected chi connectivity index (χ1v) is 9.31. The molecule has 2 aliphatic heterocycles. The Kier molecular flexibility index (Phi) is 3.53. The van der Waals surface area contributed by atoms with Crippen LogP contribution in [0.4, 0.5) is 10.1 Å². The molecule has 0 atom stereocenters. The molecule has 2 aromatic rings. The fourth-order valence-corrected chi connectivity index (χ4v) is 4.85. The van der Waals surface area contributed by atoms with Crippen molar-refractivity contribution in [3.8, 4) is 0 Å². The number of benzene rings is 1. The smallest absolute Gasteiger partial charge is 0.342 e. The number of fused-ring (bicyclic) bond motifs is 3. The van der Waals surface area contributed by atoms with E-state index in [0.29, 0.717) is 22.1 Å². The molecule has 1 aromatic carbocycles. The van der Waals surface area contributed by atoms with Gasteiger partial charge in [0.25, 0.3) is 0 Å². The van der Waals surface area contributed by atoms with Crippen molar-refractivity contribution in [3.63, 3.8) is 0 Å². The third-order valence-corrected chi connectivity index (χ3v) is 6.21. The minimum atomic E-state index is -1.26. The largest absolute Gasteiger partial charge is 0.477 e. The van der Waals surface area contributed by atoms with Gasteiger partial charge in [0.2, 0.25) is 5.43 Å². The first-order chi connectivity index (χ1) is 11.1. The average Bonchev–Trinajstić information content (AvgIpc) is 2.51. The molecular weight excluding hydrogens is 339 g/mol. The van der Waals surface area contributed by atoms with Gasteiger partial charge in [-0.15, -0.1) is 0 Å². The molecule has 1 fully saturated rings. The number of hydrogen-bond acceptors (Lipinski definition) is 5. The van der Waals surface area contributed by atoms with Crippen LogP contribution in [0.15, 0.2) is 22.0 Å². The summed E-state index contributed by atoms with van der Waals surface area (Å²) in [6, 6.07) is 2.88. The maximum atomic E-state index is 14.5. The molecule has 23 heavy (non-hydrogen) atoms. The van der Waals surface area contributed by atoms with Crippen molar-refractivity contribution in [1.29, 1.82) is 0 Å². The van der Waals surface area contributed by atoms with Crippen LogP contribution in [0.3, 0.4) is 0 Å². The Bertz CT molecular complexity index is 891. The monoisotopic (exact) mass is 352 g/mol. The van der Waals surface area contributed by atoms with Crippen molar-refractivity contribution >= 4 is 46.1 Å². The number of carboxylic acids is 1. The Morgan fingerprint density at radius 3 is 2.61 bits per heavy atom. The highest BCUT2D eigenvalue weighted by molar-refractivity contribution is 7.99. The van der Waals surface area contributed by atoms with Gasteiger partial charge in [-0.25, -0.2) is 9.18 Å². The molecule has 1 N–H and O–H groups in total.